The lowest BCUT2D eigenvalue weighted by atomic mass is 9.99. The zero-order valence-electron chi connectivity index (χ0n) is 34.7. The lowest BCUT2D eigenvalue weighted by Gasteiger charge is -2.27. The molecule has 61 heavy (non-hydrogen) atoms. The van der Waals surface area contributed by atoms with Gasteiger partial charge in [-0.15, -0.1) is 11.3 Å². The van der Waals surface area contributed by atoms with Crippen molar-refractivity contribution in [2.24, 2.45) is 34.0 Å². The molecule has 2 aromatic heterocycles. The van der Waals surface area contributed by atoms with E-state index >= 15 is 0 Å². The third kappa shape index (κ3) is 13.3. The molecule has 20 heteroatoms. The monoisotopic (exact) mass is 861 g/mol. The number of ketones is 1. The quantitative estimate of drug-likeness (QED) is 0.0224. The van der Waals surface area contributed by atoms with Crippen LogP contribution in [0.3, 0.4) is 0 Å². The first-order valence-corrected chi connectivity index (χ1v) is 20.6. The van der Waals surface area contributed by atoms with Crippen LogP contribution in [0.25, 0.3) is 21.1 Å². The van der Waals surface area contributed by atoms with Crippen LogP contribution in [0, 0.1) is 11.8 Å². The maximum Gasteiger partial charge on any atom is 0.251 e. The van der Waals surface area contributed by atoms with E-state index < -0.39 is 78.0 Å². The van der Waals surface area contributed by atoms with Gasteiger partial charge in [0.25, 0.3) is 5.91 Å². The number of benzene rings is 2. The molecular weight excluding hydrogens is 807 g/mol. The number of primary amides is 1. The molecule has 2 aromatic carbocycles. The molecular formula is C41H55N11O8S. The Kier molecular flexibility index (Phi) is 16.8. The maximum atomic E-state index is 14.2. The number of aromatic amines is 1. The molecule has 0 bridgehead atoms. The second kappa shape index (κ2) is 21.7. The van der Waals surface area contributed by atoms with Gasteiger partial charge in [-0.2, -0.15) is 0 Å². The van der Waals surface area contributed by atoms with Crippen LogP contribution >= 0.6 is 11.3 Å². The van der Waals surface area contributed by atoms with Crippen molar-refractivity contribution >= 4 is 79.6 Å². The smallest absolute Gasteiger partial charge is 0.251 e. The number of nitrogens with two attached hydrogens (primary N) is 3. The predicted molar refractivity (Wildman–Crippen MR) is 231 cm³/mol. The highest BCUT2D eigenvalue weighted by Gasteiger charge is 2.33. The van der Waals surface area contributed by atoms with Crippen LogP contribution in [0.4, 0.5) is 0 Å². The first-order valence-electron chi connectivity index (χ1n) is 19.8. The van der Waals surface area contributed by atoms with Crippen molar-refractivity contribution < 1.29 is 38.7 Å². The lowest BCUT2D eigenvalue weighted by molar-refractivity contribution is -0.134. The van der Waals surface area contributed by atoms with E-state index in [4.69, 9.17) is 17.2 Å². The van der Waals surface area contributed by atoms with E-state index in [9.17, 15) is 38.7 Å². The van der Waals surface area contributed by atoms with E-state index in [1.54, 1.807) is 32.2 Å². The number of nitrogens with zero attached hydrogens (tertiary/aromatic N) is 2. The molecule has 13 N–H and O–H groups in total. The molecule has 0 aliphatic rings. The van der Waals surface area contributed by atoms with Crippen LogP contribution in [0.1, 0.15) is 79.6 Å². The van der Waals surface area contributed by atoms with Crippen LogP contribution in [-0.4, -0.2) is 106 Å². The van der Waals surface area contributed by atoms with E-state index in [2.05, 4.69) is 41.5 Å². The predicted octanol–water partition coefficient (Wildman–Crippen LogP) is 0.494. The summed E-state index contributed by atoms with van der Waals surface area (Å²) in [5.74, 6) is -5.06. The van der Waals surface area contributed by atoms with Crippen LogP contribution < -0.4 is 43.8 Å². The summed E-state index contributed by atoms with van der Waals surface area (Å²) in [4.78, 5) is 104. The van der Waals surface area contributed by atoms with Gasteiger partial charge in [0.1, 0.15) is 24.2 Å². The summed E-state index contributed by atoms with van der Waals surface area (Å²) in [5.41, 5.74) is 18.6. The number of rotatable bonds is 22. The molecule has 2 heterocycles. The van der Waals surface area contributed by atoms with E-state index in [-0.39, 0.29) is 60.6 Å². The summed E-state index contributed by atoms with van der Waals surface area (Å²) in [5, 5.41) is 23.9. The Morgan fingerprint density at radius 1 is 0.836 bits per heavy atom. The minimum absolute atomic E-state index is 0.0217. The normalized spacial score (nSPS) is 13.8. The number of aliphatic hydroxyl groups is 1. The Bertz CT molecular complexity index is 2270. The Balaban J connectivity index is 1.61. The van der Waals surface area contributed by atoms with Gasteiger partial charge >= 0.3 is 0 Å². The van der Waals surface area contributed by atoms with Gasteiger partial charge in [0.2, 0.25) is 35.3 Å². The lowest BCUT2D eigenvalue weighted by Crippen LogP contribution is -2.58. The molecule has 0 aliphatic heterocycles. The average Bonchev–Trinajstić information content (AvgIpc) is 3.82. The molecule has 0 radical (unpaired) electrons. The number of carbonyl (C=O) groups is 7. The van der Waals surface area contributed by atoms with Gasteiger partial charge in [0.15, 0.2) is 11.0 Å². The number of amides is 6. The van der Waals surface area contributed by atoms with Crippen molar-refractivity contribution in [1.29, 1.82) is 0 Å². The first kappa shape index (κ1) is 47.3. The van der Waals surface area contributed by atoms with Crippen molar-refractivity contribution in [3.63, 3.8) is 0 Å². The van der Waals surface area contributed by atoms with Crippen molar-refractivity contribution in [2.45, 2.75) is 90.5 Å². The maximum absolute atomic E-state index is 14.2. The molecule has 4 aromatic rings. The van der Waals surface area contributed by atoms with E-state index in [1.807, 2.05) is 38.1 Å². The van der Waals surface area contributed by atoms with Gasteiger partial charge < -0.3 is 53.9 Å². The topological polar surface area (TPSA) is 319 Å². The number of hydrogen-bond acceptors (Lipinski definition) is 11. The number of Topliss-reactive ketones (excluding diaryl/α,β-unsaturated/α-hetero) is 1. The van der Waals surface area contributed by atoms with Gasteiger partial charge in [-0.3, -0.25) is 38.6 Å². The fourth-order valence-corrected chi connectivity index (χ4v) is 7.57. The second-order valence-electron chi connectivity index (χ2n) is 15.4. The molecule has 5 atom stereocenters. The Hall–Kier alpha value is -6.41. The van der Waals surface area contributed by atoms with E-state index in [0.29, 0.717) is 15.8 Å². The number of nitrogens with one attached hydrogen (secondary N) is 6. The summed E-state index contributed by atoms with van der Waals surface area (Å²) in [6, 6.07) is 6.14. The summed E-state index contributed by atoms with van der Waals surface area (Å²) >= 11 is 1.01. The number of fused-ring (bicyclic) bond motifs is 2. The molecule has 0 spiro atoms. The molecule has 4 rings (SSSR count). The van der Waals surface area contributed by atoms with Gasteiger partial charge in [0, 0.05) is 42.6 Å². The highest BCUT2D eigenvalue weighted by Crippen LogP contribution is 2.26. The molecule has 0 aliphatic carbocycles. The largest absolute Gasteiger partial charge is 0.394 e. The Labute approximate surface area is 356 Å². The van der Waals surface area contributed by atoms with Crippen molar-refractivity contribution in [3.05, 3.63) is 64.8 Å². The first-order chi connectivity index (χ1) is 28.9. The number of thiazole rings is 1. The van der Waals surface area contributed by atoms with Crippen LogP contribution in [-0.2, 0) is 30.4 Å². The minimum atomic E-state index is -1.35. The minimum Gasteiger partial charge on any atom is -0.394 e. The highest BCUT2D eigenvalue weighted by atomic mass is 32.1. The van der Waals surface area contributed by atoms with Crippen LogP contribution in [0.5, 0.6) is 0 Å². The molecule has 328 valence electrons. The van der Waals surface area contributed by atoms with Crippen molar-refractivity contribution in [3.8, 4) is 0 Å². The summed E-state index contributed by atoms with van der Waals surface area (Å²) in [6.45, 7) is 7.80. The number of H-pyrrole nitrogens is 1. The van der Waals surface area contributed by atoms with Crippen molar-refractivity contribution in [1.82, 2.24) is 36.6 Å². The number of aliphatic hydroxyl groups excluding tert-OH is 1. The van der Waals surface area contributed by atoms with Crippen molar-refractivity contribution in [2.75, 3.05) is 13.2 Å². The van der Waals surface area contributed by atoms with Gasteiger partial charge in [-0.25, -0.2) is 4.98 Å². The van der Waals surface area contributed by atoms with E-state index in [1.165, 1.54) is 13.0 Å². The molecule has 0 fully saturated rings. The van der Waals surface area contributed by atoms with Gasteiger partial charge in [-0.05, 0) is 60.9 Å². The molecule has 19 nitrogen and oxygen atoms in total. The molecule has 0 saturated carbocycles. The summed E-state index contributed by atoms with van der Waals surface area (Å²) < 4.78 is 0.497. The number of aromatic nitrogens is 2. The standard InChI is InChI=1S/C41H55N11O8S/c1-20(2)15-29(49-38(59)30(50-39(60)31(19-53)47-22(5)54)16-24-18-46-26-10-7-6-9-25(24)26)37(58)48-28(11-8-14-45-41(43)44)34(55)40-51-27-13-12-23(17-32(27)61-40)36(57)52-33(21(3)4)35(42)56/h6-7,9-10,12-13,17-18,20-21,28-31,33,46,53H,8,11,14-16,19H2,1-5H3,(H2,42,56)(H,47,54)(H,48,58)(H,49,59)(H,50,60)(H,52,57)(H4,43,44,45)/t28-,29-,30+,31-,33-/m0/s1. The molecule has 0 unspecified atom stereocenters. The fraction of sp³-hybridized carbons (Fsp3) is 0.439. The van der Waals surface area contributed by atoms with Gasteiger partial charge in [-0.1, -0.05) is 45.9 Å². The molecule has 0 saturated heterocycles. The fourth-order valence-electron chi connectivity index (χ4n) is 6.57. The third-order valence-corrected chi connectivity index (χ3v) is 10.7. The Morgan fingerprint density at radius 2 is 1.49 bits per heavy atom. The number of para-hydroxylation sites is 1. The SMILES string of the molecule is CC(=O)N[C@@H](CO)C(=O)N[C@H](Cc1c[nH]c2ccccc12)C(=O)N[C@@H](CC(C)C)C(=O)N[C@@H](CCCN=C(N)N)C(=O)c1nc2ccc(C(=O)N[C@H](C(N)=O)C(C)C)cc2s1. The van der Waals surface area contributed by atoms with Crippen LogP contribution in [0.2, 0.25) is 0 Å². The molecule has 6 amide bonds. The number of hydrogen-bond donors (Lipinski definition) is 10. The number of guanidine groups is 1. The number of carbonyl (C=O) groups excluding carboxylic acids is 7. The number of aliphatic imine (C=N–C) groups is 1. The summed E-state index contributed by atoms with van der Waals surface area (Å²) in [6.07, 6.45) is 2.19. The second-order valence-corrected chi connectivity index (χ2v) is 16.5. The van der Waals surface area contributed by atoms with Gasteiger partial charge in [0.05, 0.1) is 22.9 Å². The third-order valence-electron chi connectivity index (χ3n) is 9.65. The van der Waals surface area contributed by atoms with E-state index in [0.717, 1.165) is 22.2 Å². The summed E-state index contributed by atoms with van der Waals surface area (Å²) in [7, 11) is 0. The zero-order valence-corrected chi connectivity index (χ0v) is 35.6. The highest BCUT2D eigenvalue weighted by molar-refractivity contribution is 7.20. The Morgan fingerprint density at radius 3 is 2.13 bits per heavy atom. The van der Waals surface area contributed by atoms with Crippen LogP contribution in [0.15, 0.2) is 53.7 Å². The zero-order chi connectivity index (χ0) is 45.0. The average molecular weight is 862 g/mol.